The number of aromatic amines is 1. The zero-order valence-electron chi connectivity index (χ0n) is 51.5. The number of benzene rings is 3. The van der Waals surface area contributed by atoms with E-state index in [4.69, 9.17) is 33.7 Å². The number of para-hydroxylation sites is 1. The lowest BCUT2D eigenvalue weighted by Gasteiger charge is -2.31. The Hall–Kier alpha value is -8.81. The van der Waals surface area contributed by atoms with Gasteiger partial charge in [0.15, 0.2) is 0 Å². The first-order valence-electron chi connectivity index (χ1n) is 30.5. The van der Waals surface area contributed by atoms with E-state index < -0.39 is 77.7 Å². The molecule has 7 amide bonds. The largest absolute Gasteiger partial charge is 0.508 e. The van der Waals surface area contributed by atoms with Crippen molar-refractivity contribution in [1.29, 1.82) is 0 Å². The number of thiazole rings is 2. The van der Waals surface area contributed by atoms with Crippen molar-refractivity contribution in [3.8, 4) is 16.5 Å². The van der Waals surface area contributed by atoms with Crippen LogP contribution in [0.25, 0.3) is 21.6 Å². The number of carbonyl (C=O) groups is 7. The highest BCUT2D eigenvalue weighted by Gasteiger charge is 2.36. The summed E-state index contributed by atoms with van der Waals surface area (Å²) in [5.74, 6) is -6.28. The summed E-state index contributed by atoms with van der Waals surface area (Å²) in [7, 11) is 0. The lowest BCUT2D eigenvalue weighted by molar-refractivity contribution is -0.134. The molecule has 0 aliphatic carbocycles. The number of aliphatic hydroxyl groups excluding tert-OH is 1. The lowest BCUT2D eigenvalue weighted by atomic mass is 9.91. The van der Waals surface area contributed by atoms with E-state index in [0.29, 0.717) is 57.6 Å². The Morgan fingerprint density at radius 1 is 0.685 bits per heavy atom. The number of nitrogen functional groups attached to an aromatic ring is 1. The number of hydrogen-bond acceptors (Lipinski definition) is 21. The highest BCUT2D eigenvalue weighted by Crippen LogP contribution is 2.27. The second-order valence-electron chi connectivity index (χ2n) is 22.4. The van der Waals surface area contributed by atoms with Gasteiger partial charge in [0, 0.05) is 78.7 Å². The Bertz CT molecular complexity index is 3570. The van der Waals surface area contributed by atoms with E-state index in [9.17, 15) is 39.0 Å². The van der Waals surface area contributed by atoms with Crippen molar-refractivity contribution in [2.75, 3.05) is 58.1 Å². The van der Waals surface area contributed by atoms with E-state index in [2.05, 4.69) is 62.5 Å². The third-order valence-corrected chi connectivity index (χ3v) is 17.0. The van der Waals surface area contributed by atoms with Crippen molar-refractivity contribution in [2.24, 2.45) is 28.9 Å². The number of carbonyl (C=O) groups excluding carboxylic acids is 7. The monoisotopic (exact) mass is 1300 g/mol. The van der Waals surface area contributed by atoms with Gasteiger partial charge in [0.25, 0.3) is 11.8 Å². The molecule has 0 saturated heterocycles. The summed E-state index contributed by atoms with van der Waals surface area (Å²) in [5.41, 5.74) is 32.1. The van der Waals surface area contributed by atoms with Gasteiger partial charge in [0.05, 0.1) is 35.2 Å². The Balaban J connectivity index is 1.02. The molecule has 0 unspecified atom stereocenters. The van der Waals surface area contributed by atoms with Crippen molar-refractivity contribution in [2.45, 2.75) is 108 Å². The number of phenolic OH excluding ortho intramolecular Hbond substituents is 1. The molecule has 27 nitrogen and oxygen atoms in total. The number of unbranched alkanes of at least 4 members (excludes halogenated alkanes) is 1. The number of aromatic nitrogens is 5. The zero-order valence-corrected chi connectivity index (χ0v) is 53.2. The minimum absolute atomic E-state index is 0.00100. The quantitative estimate of drug-likeness (QED) is 0.0239. The molecule has 92 heavy (non-hydrogen) atoms. The Labute approximate surface area is 541 Å². The van der Waals surface area contributed by atoms with Crippen LogP contribution in [0.3, 0.4) is 0 Å². The molecule has 3 aromatic carbocycles. The van der Waals surface area contributed by atoms with E-state index in [-0.39, 0.29) is 73.3 Å². The van der Waals surface area contributed by atoms with Gasteiger partial charge in [0.1, 0.15) is 51.6 Å². The van der Waals surface area contributed by atoms with Crippen molar-refractivity contribution < 1.29 is 43.8 Å². The van der Waals surface area contributed by atoms with Gasteiger partial charge >= 0.3 is 0 Å². The van der Waals surface area contributed by atoms with Crippen LogP contribution in [0.2, 0.25) is 0 Å². The number of aromatic hydroxyl groups is 1. The number of nitrogens with zero attached hydrogens (tertiary/aromatic N) is 4. The smallest absolute Gasteiger partial charge is 0.271 e. The Kier molecular flexibility index (Phi) is 27.4. The number of aliphatic hydroxyl groups is 1. The number of amides is 7. The molecule has 0 spiro atoms. The maximum Gasteiger partial charge on any atom is 0.271 e. The molecule has 7 rings (SSSR count). The first kappa shape index (κ1) is 70.6. The van der Waals surface area contributed by atoms with Crippen LogP contribution in [0.5, 0.6) is 5.75 Å². The minimum atomic E-state index is -1.60. The average Bonchev–Trinajstić information content (AvgIpc) is 1.06. The van der Waals surface area contributed by atoms with E-state index >= 15 is 4.79 Å². The fraction of sp³-hybridized carbons (Fsp3) is 0.413. The van der Waals surface area contributed by atoms with E-state index in [0.717, 1.165) is 62.8 Å². The molecule has 0 aliphatic heterocycles. The van der Waals surface area contributed by atoms with Gasteiger partial charge in [-0.05, 0) is 107 Å². The molecule has 0 bridgehead atoms. The number of hydrogen-bond donors (Lipinski definition) is 16. The molecule has 0 aliphatic rings. The fourth-order valence-corrected chi connectivity index (χ4v) is 11.5. The highest BCUT2D eigenvalue weighted by molar-refractivity contribution is 7.14. The second-order valence-corrected chi connectivity index (χ2v) is 24.2. The van der Waals surface area contributed by atoms with Crippen LogP contribution in [0.4, 0.5) is 5.82 Å². The molecule has 492 valence electrons. The lowest BCUT2D eigenvalue weighted by Crippen LogP contribution is -2.57. The van der Waals surface area contributed by atoms with Crippen LogP contribution in [0.15, 0.2) is 95.8 Å². The summed E-state index contributed by atoms with van der Waals surface area (Å²) in [5, 5.41) is 52.1. The van der Waals surface area contributed by atoms with Crippen LogP contribution in [-0.2, 0) is 49.7 Å². The predicted octanol–water partition coefficient (Wildman–Crippen LogP) is 1.03. The third kappa shape index (κ3) is 21.4. The SMILES string of the molecule is Cc1c(N)nc([C@H](CC(N)=O)NC[C@H](N)C(N)=O)nc1C(=O)N[C@@H](Cc1c[nH]c2ccccc12)C(=O)N[C@H](Cc1ccccc1)[C@@H](O)[C@H](C)C(=O)N[C@@H](Cc1ccc(O)cc1)C(=O)NCCc1nc(-c2nc(C(=O)NCCCNCCCCNCCCN)cs2)cs1. The van der Waals surface area contributed by atoms with E-state index in [1.54, 1.807) is 54.0 Å². The standard InChI is InChI=1S/C63H84N18O9S2/c1-36-53(80-57(81-55(36)67)46(31-51(66)83)74-33-43(65)56(68)85)62(90)78-48(30-40-32-73-44-15-7-6-14-42(40)44)61(89)76-45(28-38-12-4-3-5-13-38)54(84)37(2)58(86)77-47(29-39-16-18-41(82)19-17-39)59(87)72-27-20-52-75-50(35-91-52)63-79-49(34-92-63)60(88)71-26-11-25-70-23-9-8-22-69-24-10-21-64/h3-7,12-19,32,34-35,37,43,45-48,54,69-70,73-74,82,84H,8-11,20-31,33,64-65H2,1-2H3,(H2,66,83)(H2,68,85)(H,71,88)(H,72,87)(H,76,89)(H,77,86)(H,78,90)(H2,67,80,81)/t37-,43-,45+,46-,47-,48-,54-/m0/s1. The maximum absolute atomic E-state index is 15.0. The van der Waals surface area contributed by atoms with Crippen molar-refractivity contribution in [3.05, 3.63) is 140 Å². The van der Waals surface area contributed by atoms with Crippen LogP contribution in [0.1, 0.15) is 99.1 Å². The van der Waals surface area contributed by atoms with E-state index in [1.807, 2.05) is 29.6 Å². The third-order valence-electron chi connectivity index (χ3n) is 15.3. The van der Waals surface area contributed by atoms with Crippen molar-refractivity contribution >= 4 is 80.7 Å². The molecule has 0 radical (unpaired) electrons. The minimum Gasteiger partial charge on any atom is -0.508 e. The van der Waals surface area contributed by atoms with Crippen LogP contribution in [0, 0.1) is 12.8 Å². The van der Waals surface area contributed by atoms with Crippen LogP contribution in [-0.4, -0.2) is 159 Å². The number of fused-ring (bicyclic) bond motifs is 1. The topological polar surface area (TPSA) is 454 Å². The molecule has 7 aromatic rings. The van der Waals surface area contributed by atoms with Gasteiger partial charge < -0.3 is 86.4 Å². The number of rotatable bonds is 39. The van der Waals surface area contributed by atoms with Gasteiger partial charge in [-0.15, -0.1) is 22.7 Å². The predicted molar refractivity (Wildman–Crippen MR) is 353 cm³/mol. The summed E-state index contributed by atoms with van der Waals surface area (Å²) in [6, 6.07) is 16.5. The molecule has 4 aromatic heterocycles. The maximum atomic E-state index is 15.0. The number of phenols is 1. The summed E-state index contributed by atoms with van der Waals surface area (Å²) < 4.78 is 0. The van der Waals surface area contributed by atoms with Gasteiger partial charge in [-0.2, -0.15) is 0 Å². The number of nitrogens with two attached hydrogens (primary N) is 5. The molecule has 21 N–H and O–H groups in total. The normalized spacial score (nSPS) is 13.7. The van der Waals surface area contributed by atoms with E-state index in [1.165, 1.54) is 48.7 Å². The van der Waals surface area contributed by atoms with Crippen LogP contribution < -0.4 is 71.2 Å². The Morgan fingerprint density at radius 2 is 1.37 bits per heavy atom. The fourth-order valence-electron chi connectivity index (χ4n) is 9.92. The summed E-state index contributed by atoms with van der Waals surface area (Å²) in [6.45, 7) is 7.67. The molecule has 7 atom stereocenters. The first-order chi connectivity index (χ1) is 44.3. The number of anilines is 1. The highest BCUT2D eigenvalue weighted by atomic mass is 32.1. The van der Waals surface area contributed by atoms with Crippen molar-refractivity contribution in [3.63, 3.8) is 0 Å². The molecular weight excluding hydrogens is 1220 g/mol. The molecule has 0 saturated carbocycles. The molecule has 0 fully saturated rings. The molecular formula is C63H84N18O9S2. The number of H-pyrrole nitrogens is 1. The zero-order chi connectivity index (χ0) is 66.1. The number of primary amides is 2. The van der Waals surface area contributed by atoms with Crippen LogP contribution >= 0.6 is 22.7 Å². The van der Waals surface area contributed by atoms with Crippen molar-refractivity contribution in [1.82, 2.24) is 67.5 Å². The summed E-state index contributed by atoms with van der Waals surface area (Å²) in [4.78, 5) is 116. The van der Waals surface area contributed by atoms with Gasteiger partial charge in [0.2, 0.25) is 29.5 Å². The average molecular weight is 1300 g/mol. The first-order valence-corrected chi connectivity index (χ1v) is 32.3. The van der Waals surface area contributed by atoms with Gasteiger partial charge in [-0.1, -0.05) is 67.6 Å². The summed E-state index contributed by atoms with van der Waals surface area (Å²) in [6.07, 6.45) is 3.85. The van der Waals surface area contributed by atoms with Gasteiger partial charge in [-0.25, -0.2) is 19.9 Å². The molecule has 29 heteroatoms. The number of nitrogens with one attached hydrogen (secondary N) is 9. The second kappa shape index (κ2) is 35.7. The summed E-state index contributed by atoms with van der Waals surface area (Å²) >= 11 is 2.67. The molecule has 4 heterocycles. The Morgan fingerprint density at radius 3 is 2.09 bits per heavy atom. The van der Waals surface area contributed by atoms with Gasteiger partial charge in [-0.3, -0.25) is 33.6 Å².